The summed E-state index contributed by atoms with van der Waals surface area (Å²) in [6, 6.07) is -4.31. The highest BCUT2D eigenvalue weighted by molar-refractivity contribution is 5.94. The molecule has 3 amide bonds. The monoisotopic (exact) mass is 445 g/mol. The van der Waals surface area contributed by atoms with Gasteiger partial charge >= 0.3 is 5.97 Å². The Morgan fingerprint density at radius 1 is 0.806 bits per heavy atom. The number of aliphatic carboxylic acids is 1. The molecule has 11 nitrogen and oxygen atoms in total. The third kappa shape index (κ3) is 10.1. The fourth-order valence-electron chi connectivity index (χ4n) is 2.79. The van der Waals surface area contributed by atoms with Crippen molar-refractivity contribution in [3.8, 4) is 0 Å². The van der Waals surface area contributed by atoms with Gasteiger partial charge in [0.2, 0.25) is 17.7 Å². The molecule has 0 radical (unpaired) electrons. The fourth-order valence-corrected chi connectivity index (χ4v) is 2.79. The Balaban J connectivity index is 5.44. The van der Waals surface area contributed by atoms with Gasteiger partial charge in [-0.05, 0) is 44.6 Å². The van der Waals surface area contributed by atoms with Crippen molar-refractivity contribution in [3.63, 3.8) is 0 Å². The number of hydrogen-bond acceptors (Lipinski definition) is 7. The maximum absolute atomic E-state index is 12.9. The van der Waals surface area contributed by atoms with E-state index in [0.717, 1.165) is 0 Å². The highest BCUT2D eigenvalue weighted by atomic mass is 16.4. The SMILES string of the molecule is CC(C)C(NC(=O)C(CCCCN)NC(=O)C(NC(=O)C(N)C(C)O)C(C)C)C(=O)O. The lowest BCUT2D eigenvalue weighted by Crippen LogP contribution is -2.59. The zero-order valence-electron chi connectivity index (χ0n) is 19.1. The molecule has 0 bridgehead atoms. The third-order valence-corrected chi connectivity index (χ3v) is 4.88. The topological polar surface area (TPSA) is 197 Å². The fraction of sp³-hybridized carbons (Fsp3) is 0.800. The summed E-state index contributed by atoms with van der Waals surface area (Å²) in [6.45, 7) is 8.52. The molecular weight excluding hydrogens is 406 g/mol. The second kappa shape index (κ2) is 13.9. The number of amides is 3. The van der Waals surface area contributed by atoms with E-state index in [1.807, 2.05) is 0 Å². The van der Waals surface area contributed by atoms with E-state index in [4.69, 9.17) is 11.5 Å². The van der Waals surface area contributed by atoms with Crippen LogP contribution in [-0.2, 0) is 19.2 Å². The Bertz CT molecular complexity index is 611. The van der Waals surface area contributed by atoms with E-state index in [1.54, 1.807) is 27.7 Å². The van der Waals surface area contributed by atoms with Crippen molar-refractivity contribution in [2.24, 2.45) is 23.3 Å². The van der Waals surface area contributed by atoms with Gasteiger partial charge in [0, 0.05) is 0 Å². The van der Waals surface area contributed by atoms with Crippen LogP contribution in [0, 0.1) is 11.8 Å². The lowest BCUT2D eigenvalue weighted by molar-refractivity contribution is -0.143. The van der Waals surface area contributed by atoms with Gasteiger partial charge in [-0.15, -0.1) is 0 Å². The van der Waals surface area contributed by atoms with E-state index < -0.39 is 54.0 Å². The lowest BCUT2D eigenvalue weighted by atomic mass is 10.00. The number of aliphatic hydroxyl groups excluding tert-OH is 1. The molecule has 9 N–H and O–H groups in total. The minimum Gasteiger partial charge on any atom is -0.480 e. The highest BCUT2D eigenvalue weighted by Crippen LogP contribution is 2.08. The zero-order valence-corrected chi connectivity index (χ0v) is 19.1. The molecule has 0 aliphatic carbocycles. The molecule has 31 heavy (non-hydrogen) atoms. The zero-order chi connectivity index (χ0) is 24.3. The molecule has 0 saturated carbocycles. The van der Waals surface area contributed by atoms with Crippen LogP contribution in [0.1, 0.15) is 53.9 Å². The number of carboxylic acid groups (broad SMARTS) is 1. The molecular formula is C20H39N5O6. The smallest absolute Gasteiger partial charge is 0.326 e. The summed E-state index contributed by atoms with van der Waals surface area (Å²) in [5, 5.41) is 26.4. The number of carboxylic acids is 1. The van der Waals surface area contributed by atoms with Crippen LogP contribution in [0.3, 0.4) is 0 Å². The summed E-state index contributed by atoms with van der Waals surface area (Å²) in [5.74, 6) is -3.79. The average molecular weight is 446 g/mol. The van der Waals surface area contributed by atoms with Gasteiger partial charge in [0.25, 0.3) is 0 Å². The molecule has 0 aliphatic rings. The predicted molar refractivity (Wildman–Crippen MR) is 116 cm³/mol. The lowest BCUT2D eigenvalue weighted by Gasteiger charge is -2.28. The second-order valence-corrected chi connectivity index (χ2v) is 8.41. The van der Waals surface area contributed by atoms with Crippen molar-refractivity contribution in [2.45, 2.75) is 84.2 Å². The largest absolute Gasteiger partial charge is 0.480 e. The van der Waals surface area contributed by atoms with E-state index in [0.29, 0.717) is 19.4 Å². The van der Waals surface area contributed by atoms with Gasteiger partial charge in [0.15, 0.2) is 0 Å². The molecule has 11 heteroatoms. The number of nitrogens with one attached hydrogen (secondary N) is 3. The number of aliphatic hydroxyl groups is 1. The minimum absolute atomic E-state index is 0.255. The molecule has 5 atom stereocenters. The van der Waals surface area contributed by atoms with Crippen LogP contribution in [-0.4, -0.2) is 70.7 Å². The summed E-state index contributed by atoms with van der Waals surface area (Å²) in [5.41, 5.74) is 11.1. The van der Waals surface area contributed by atoms with Gasteiger partial charge in [0.05, 0.1) is 6.10 Å². The number of carbonyl (C=O) groups excluding carboxylic acids is 3. The molecule has 0 aromatic rings. The second-order valence-electron chi connectivity index (χ2n) is 8.41. The van der Waals surface area contributed by atoms with Crippen LogP contribution in [0.25, 0.3) is 0 Å². The van der Waals surface area contributed by atoms with Gasteiger partial charge in [-0.1, -0.05) is 27.7 Å². The maximum atomic E-state index is 12.9. The Morgan fingerprint density at radius 2 is 1.32 bits per heavy atom. The molecule has 180 valence electrons. The Hall–Kier alpha value is -2.24. The van der Waals surface area contributed by atoms with Crippen molar-refractivity contribution in [1.82, 2.24) is 16.0 Å². The van der Waals surface area contributed by atoms with Gasteiger partial charge in [-0.25, -0.2) is 4.79 Å². The molecule has 0 heterocycles. The minimum atomic E-state index is -1.21. The van der Waals surface area contributed by atoms with Crippen LogP contribution in [0.15, 0.2) is 0 Å². The van der Waals surface area contributed by atoms with Gasteiger partial charge in [-0.3, -0.25) is 14.4 Å². The van der Waals surface area contributed by atoms with Crippen LogP contribution in [0.4, 0.5) is 0 Å². The Kier molecular flexibility index (Phi) is 12.9. The summed E-state index contributed by atoms with van der Waals surface area (Å²) < 4.78 is 0. The number of hydrogen-bond donors (Lipinski definition) is 7. The van der Waals surface area contributed by atoms with Crippen molar-refractivity contribution in [1.29, 1.82) is 0 Å². The van der Waals surface area contributed by atoms with E-state index in [9.17, 15) is 29.4 Å². The van der Waals surface area contributed by atoms with Crippen molar-refractivity contribution >= 4 is 23.7 Å². The van der Waals surface area contributed by atoms with E-state index in [-0.39, 0.29) is 18.3 Å². The van der Waals surface area contributed by atoms with Crippen molar-refractivity contribution < 1.29 is 29.4 Å². The molecule has 0 fully saturated rings. The first-order chi connectivity index (χ1) is 14.3. The molecule has 0 saturated heterocycles. The first-order valence-electron chi connectivity index (χ1n) is 10.6. The van der Waals surface area contributed by atoms with Gasteiger partial charge in [0.1, 0.15) is 24.2 Å². The standard InChI is InChI=1S/C20H39N5O6/c1-10(2)15(24-18(28)14(22)12(5)26)19(29)23-13(8-6-7-9-21)17(27)25-16(11(3)4)20(30)31/h10-16,26H,6-9,21-22H2,1-5H3,(H,23,29)(H,24,28)(H,25,27)(H,30,31). The van der Waals surface area contributed by atoms with Crippen molar-refractivity contribution in [3.05, 3.63) is 0 Å². The summed E-state index contributed by atoms with van der Waals surface area (Å²) in [6.07, 6.45) is 0.319. The van der Waals surface area contributed by atoms with Crippen LogP contribution < -0.4 is 27.4 Å². The summed E-state index contributed by atoms with van der Waals surface area (Å²) in [7, 11) is 0. The van der Waals surface area contributed by atoms with E-state index in [1.165, 1.54) is 6.92 Å². The molecule has 0 rings (SSSR count). The predicted octanol–water partition coefficient (Wildman–Crippen LogP) is -1.33. The average Bonchev–Trinajstić information content (AvgIpc) is 2.67. The Morgan fingerprint density at radius 3 is 1.74 bits per heavy atom. The number of nitrogens with two attached hydrogens (primary N) is 2. The van der Waals surface area contributed by atoms with E-state index in [2.05, 4.69) is 16.0 Å². The van der Waals surface area contributed by atoms with Gasteiger partial charge in [-0.2, -0.15) is 0 Å². The molecule has 0 spiro atoms. The van der Waals surface area contributed by atoms with Gasteiger partial charge < -0.3 is 37.6 Å². The molecule has 0 aromatic carbocycles. The van der Waals surface area contributed by atoms with Crippen LogP contribution >= 0.6 is 0 Å². The molecule has 0 aromatic heterocycles. The van der Waals surface area contributed by atoms with Crippen LogP contribution in [0.5, 0.6) is 0 Å². The van der Waals surface area contributed by atoms with Crippen LogP contribution in [0.2, 0.25) is 0 Å². The summed E-state index contributed by atoms with van der Waals surface area (Å²) in [4.78, 5) is 49.2. The number of unbranched alkanes of at least 4 members (excludes halogenated alkanes) is 1. The highest BCUT2D eigenvalue weighted by Gasteiger charge is 2.32. The number of rotatable bonds is 14. The molecule has 5 unspecified atom stereocenters. The Labute approximate surface area is 183 Å². The first kappa shape index (κ1) is 28.8. The maximum Gasteiger partial charge on any atom is 0.326 e. The quantitative estimate of drug-likeness (QED) is 0.160. The first-order valence-corrected chi connectivity index (χ1v) is 10.6. The third-order valence-electron chi connectivity index (χ3n) is 4.88. The normalized spacial score (nSPS) is 16.2. The van der Waals surface area contributed by atoms with E-state index >= 15 is 0 Å². The summed E-state index contributed by atoms with van der Waals surface area (Å²) >= 11 is 0. The van der Waals surface area contributed by atoms with Crippen molar-refractivity contribution in [2.75, 3.05) is 6.54 Å². The molecule has 0 aliphatic heterocycles. The number of carbonyl (C=O) groups is 4.